The maximum Gasteiger partial charge on any atom is 0.107 e. The number of thioether (sulfide) groups is 1. The van der Waals surface area contributed by atoms with Crippen LogP contribution in [-0.4, -0.2) is 34.4 Å². The van der Waals surface area contributed by atoms with Crippen molar-refractivity contribution in [2.24, 2.45) is 0 Å². The third-order valence-corrected chi connectivity index (χ3v) is 2.55. The number of aliphatic hydroxyl groups is 1. The van der Waals surface area contributed by atoms with Crippen LogP contribution in [0.25, 0.3) is 0 Å². The van der Waals surface area contributed by atoms with E-state index in [0.29, 0.717) is 0 Å². The van der Waals surface area contributed by atoms with Gasteiger partial charge < -0.3 is 5.11 Å². The standard InChI is InChI=1S/C6H13NOS/c1-2-6(8)7-3-4-9-5-7/h6,8H,2-5H2,1H3. The van der Waals surface area contributed by atoms with Crippen molar-refractivity contribution in [3.8, 4) is 0 Å². The SMILES string of the molecule is CCC(O)N1CCSC1. The zero-order valence-corrected chi connectivity index (χ0v) is 6.52. The van der Waals surface area contributed by atoms with Gasteiger partial charge >= 0.3 is 0 Å². The molecule has 1 heterocycles. The van der Waals surface area contributed by atoms with E-state index in [1.165, 1.54) is 5.75 Å². The molecular weight excluding hydrogens is 134 g/mol. The lowest BCUT2D eigenvalue weighted by molar-refractivity contribution is 0.0233. The fourth-order valence-electron chi connectivity index (χ4n) is 0.921. The van der Waals surface area contributed by atoms with E-state index >= 15 is 0 Å². The van der Waals surface area contributed by atoms with E-state index < -0.39 is 0 Å². The van der Waals surface area contributed by atoms with Gasteiger partial charge in [0.2, 0.25) is 0 Å². The zero-order valence-electron chi connectivity index (χ0n) is 5.71. The minimum absolute atomic E-state index is 0.194. The lowest BCUT2D eigenvalue weighted by Crippen LogP contribution is -2.31. The molecule has 0 aliphatic carbocycles. The van der Waals surface area contributed by atoms with Crippen molar-refractivity contribution in [2.75, 3.05) is 18.2 Å². The number of rotatable bonds is 2. The highest BCUT2D eigenvalue weighted by Crippen LogP contribution is 2.15. The Balaban J connectivity index is 2.24. The van der Waals surface area contributed by atoms with E-state index in [1.54, 1.807) is 0 Å². The largest absolute Gasteiger partial charge is 0.378 e. The van der Waals surface area contributed by atoms with Crippen molar-refractivity contribution in [2.45, 2.75) is 19.6 Å². The molecule has 0 amide bonds. The number of hydrogen-bond donors (Lipinski definition) is 1. The van der Waals surface area contributed by atoms with Crippen LogP contribution in [0.1, 0.15) is 13.3 Å². The quantitative estimate of drug-likeness (QED) is 0.622. The molecule has 1 fully saturated rings. The van der Waals surface area contributed by atoms with Gasteiger partial charge in [-0.05, 0) is 6.42 Å². The van der Waals surface area contributed by atoms with Crippen LogP contribution in [0.2, 0.25) is 0 Å². The number of aliphatic hydroxyl groups excluding tert-OH is 1. The first-order valence-electron chi connectivity index (χ1n) is 3.34. The second-order valence-electron chi connectivity index (χ2n) is 2.24. The van der Waals surface area contributed by atoms with Gasteiger partial charge in [0.05, 0.1) is 0 Å². The molecular formula is C6H13NOS. The summed E-state index contributed by atoms with van der Waals surface area (Å²) in [6.07, 6.45) is 0.653. The molecule has 2 nitrogen and oxygen atoms in total. The average Bonchev–Trinajstić information content (AvgIpc) is 2.37. The highest BCUT2D eigenvalue weighted by Gasteiger charge is 2.17. The summed E-state index contributed by atoms with van der Waals surface area (Å²) < 4.78 is 0. The van der Waals surface area contributed by atoms with Gasteiger partial charge in [0.1, 0.15) is 6.23 Å². The Morgan fingerprint density at radius 1 is 1.78 bits per heavy atom. The summed E-state index contributed by atoms with van der Waals surface area (Å²) in [7, 11) is 0. The summed E-state index contributed by atoms with van der Waals surface area (Å²) in [4.78, 5) is 2.10. The average molecular weight is 147 g/mol. The summed E-state index contributed by atoms with van der Waals surface area (Å²) in [5, 5.41) is 9.27. The molecule has 0 spiro atoms. The van der Waals surface area contributed by atoms with E-state index in [1.807, 2.05) is 18.7 Å². The highest BCUT2D eigenvalue weighted by atomic mass is 32.2. The smallest absolute Gasteiger partial charge is 0.107 e. The molecule has 1 rings (SSSR count). The Morgan fingerprint density at radius 3 is 3.00 bits per heavy atom. The molecule has 0 aromatic heterocycles. The lowest BCUT2D eigenvalue weighted by Gasteiger charge is -2.19. The number of hydrogen-bond acceptors (Lipinski definition) is 3. The predicted octanol–water partition coefficient (Wildman–Crippen LogP) is 0.721. The Kier molecular flexibility index (Phi) is 2.82. The topological polar surface area (TPSA) is 23.5 Å². The van der Waals surface area contributed by atoms with E-state index in [2.05, 4.69) is 4.90 Å². The van der Waals surface area contributed by atoms with Gasteiger partial charge in [0.25, 0.3) is 0 Å². The minimum Gasteiger partial charge on any atom is -0.378 e. The fourth-order valence-corrected chi connectivity index (χ4v) is 1.95. The normalized spacial score (nSPS) is 24.7. The second-order valence-corrected chi connectivity index (χ2v) is 3.31. The maximum absolute atomic E-state index is 9.27. The Morgan fingerprint density at radius 2 is 2.56 bits per heavy atom. The van der Waals surface area contributed by atoms with Crippen LogP contribution in [0.15, 0.2) is 0 Å². The van der Waals surface area contributed by atoms with Crippen LogP contribution in [0.3, 0.4) is 0 Å². The summed E-state index contributed by atoms with van der Waals surface area (Å²) >= 11 is 1.89. The van der Waals surface area contributed by atoms with Crippen molar-refractivity contribution in [1.29, 1.82) is 0 Å². The van der Waals surface area contributed by atoms with E-state index in [-0.39, 0.29) is 6.23 Å². The molecule has 1 aliphatic heterocycles. The van der Waals surface area contributed by atoms with Crippen LogP contribution < -0.4 is 0 Å². The van der Waals surface area contributed by atoms with Gasteiger partial charge in [-0.15, -0.1) is 11.8 Å². The van der Waals surface area contributed by atoms with Crippen LogP contribution in [0.5, 0.6) is 0 Å². The van der Waals surface area contributed by atoms with Crippen LogP contribution in [-0.2, 0) is 0 Å². The molecule has 0 saturated carbocycles. The first kappa shape index (κ1) is 7.38. The molecule has 0 radical (unpaired) electrons. The Hall–Kier alpha value is 0.270. The molecule has 3 heteroatoms. The summed E-state index contributed by atoms with van der Waals surface area (Å²) in [6.45, 7) is 3.06. The molecule has 1 unspecified atom stereocenters. The Labute approximate surface area is 60.2 Å². The molecule has 54 valence electrons. The zero-order chi connectivity index (χ0) is 6.69. The van der Waals surface area contributed by atoms with Crippen LogP contribution in [0.4, 0.5) is 0 Å². The van der Waals surface area contributed by atoms with Gasteiger partial charge in [-0.1, -0.05) is 6.92 Å². The first-order valence-corrected chi connectivity index (χ1v) is 4.50. The van der Waals surface area contributed by atoms with E-state index in [9.17, 15) is 5.11 Å². The molecule has 1 atom stereocenters. The molecule has 0 bridgehead atoms. The number of nitrogens with zero attached hydrogens (tertiary/aromatic N) is 1. The van der Waals surface area contributed by atoms with Crippen molar-refractivity contribution in [3.05, 3.63) is 0 Å². The predicted molar refractivity (Wildman–Crippen MR) is 40.3 cm³/mol. The van der Waals surface area contributed by atoms with E-state index in [0.717, 1.165) is 18.8 Å². The van der Waals surface area contributed by atoms with Crippen molar-refractivity contribution < 1.29 is 5.11 Å². The molecule has 0 aromatic carbocycles. The van der Waals surface area contributed by atoms with Crippen molar-refractivity contribution in [1.82, 2.24) is 4.90 Å². The van der Waals surface area contributed by atoms with Gasteiger partial charge in [-0.25, -0.2) is 0 Å². The highest BCUT2D eigenvalue weighted by molar-refractivity contribution is 7.99. The fraction of sp³-hybridized carbons (Fsp3) is 1.00. The van der Waals surface area contributed by atoms with Crippen LogP contribution in [0, 0.1) is 0 Å². The molecule has 1 N–H and O–H groups in total. The molecule has 0 aromatic rings. The van der Waals surface area contributed by atoms with Crippen molar-refractivity contribution >= 4 is 11.8 Å². The monoisotopic (exact) mass is 147 g/mol. The summed E-state index contributed by atoms with van der Waals surface area (Å²) in [5.74, 6) is 2.19. The van der Waals surface area contributed by atoms with Gasteiger partial charge in [-0.2, -0.15) is 0 Å². The summed E-state index contributed by atoms with van der Waals surface area (Å²) in [5.41, 5.74) is 0. The molecule has 1 aliphatic rings. The minimum atomic E-state index is -0.194. The molecule has 9 heavy (non-hydrogen) atoms. The van der Waals surface area contributed by atoms with Gasteiger partial charge in [-0.3, -0.25) is 4.90 Å². The van der Waals surface area contributed by atoms with Crippen LogP contribution >= 0.6 is 11.8 Å². The van der Waals surface area contributed by atoms with Crippen molar-refractivity contribution in [3.63, 3.8) is 0 Å². The lowest BCUT2D eigenvalue weighted by atomic mass is 10.4. The second kappa shape index (κ2) is 3.44. The van der Waals surface area contributed by atoms with E-state index in [4.69, 9.17) is 0 Å². The third kappa shape index (κ3) is 1.85. The third-order valence-electron chi connectivity index (χ3n) is 1.57. The molecule has 1 saturated heterocycles. The summed E-state index contributed by atoms with van der Waals surface area (Å²) in [6, 6.07) is 0. The van der Waals surface area contributed by atoms with Gasteiger partial charge in [0, 0.05) is 18.2 Å². The Bertz CT molecular complexity index is 83.1. The maximum atomic E-state index is 9.27. The first-order chi connectivity index (χ1) is 4.34. The van der Waals surface area contributed by atoms with Gasteiger partial charge in [0.15, 0.2) is 0 Å².